The van der Waals surface area contributed by atoms with E-state index in [4.69, 9.17) is 4.74 Å². The van der Waals surface area contributed by atoms with Crippen LogP contribution in [0.5, 0.6) is 0 Å². The molecule has 1 aromatic carbocycles. The minimum atomic E-state index is -0.329. The first-order valence-corrected chi connectivity index (χ1v) is 5.24. The van der Waals surface area contributed by atoms with Crippen LogP contribution in [-0.2, 0) is 11.2 Å². The number of nitrogens with one attached hydrogen (secondary N) is 1. The van der Waals surface area contributed by atoms with E-state index in [0.29, 0.717) is 19.6 Å². The molecule has 1 rings (SSSR count). The minimum absolute atomic E-state index is 0.329. The summed E-state index contributed by atoms with van der Waals surface area (Å²) in [6, 6.07) is 10.0. The van der Waals surface area contributed by atoms with Gasteiger partial charge in [0.25, 0.3) is 0 Å². The number of ether oxygens (including phenoxy) is 1. The molecule has 15 heavy (non-hydrogen) atoms. The molecule has 1 unspecified atom stereocenters. The fourth-order valence-corrected chi connectivity index (χ4v) is 1.40. The Morgan fingerprint density at radius 1 is 1.33 bits per heavy atom. The van der Waals surface area contributed by atoms with E-state index < -0.39 is 0 Å². The molecule has 3 nitrogen and oxygen atoms in total. The van der Waals surface area contributed by atoms with Gasteiger partial charge in [0.05, 0.1) is 12.7 Å². The lowest BCUT2D eigenvalue weighted by Crippen LogP contribution is -2.30. The van der Waals surface area contributed by atoms with Gasteiger partial charge in [0.1, 0.15) is 0 Å². The zero-order valence-corrected chi connectivity index (χ0v) is 9.15. The maximum Gasteiger partial charge on any atom is 0.0704 e. The van der Waals surface area contributed by atoms with Crippen molar-refractivity contribution in [1.82, 2.24) is 5.32 Å². The summed E-state index contributed by atoms with van der Waals surface area (Å²) in [6.45, 7) is 2.07. The van der Waals surface area contributed by atoms with Gasteiger partial charge in [-0.15, -0.1) is 0 Å². The van der Waals surface area contributed by atoms with Crippen LogP contribution in [0.1, 0.15) is 5.56 Å². The molecule has 0 fully saturated rings. The molecule has 0 spiro atoms. The van der Waals surface area contributed by atoms with Crippen molar-refractivity contribution in [3.63, 3.8) is 0 Å². The molecule has 0 bridgehead atoms. The number of aliphatic hydroxyl groups excluding tert-OH is 1. The standard InChI is InChI=1S/C12H19NO2/c1-15-8-7-13-10-12(14)9-11-5-3-2-4-6-11/h2-6,12-14H,7-10H2,1H3. The minimum Gasteiger partial charge on any atom is -0.391 e. The zero-order valence-electron chi connectivity index (χ0n) is 9.15. The van der Waals surface area contributed by atoms with E-state index in [0.717, 1.165) is 6.54 Å². The quantitative estimate of drug-likeness (QED) is 0.653. The molecule has 1 aromatic rings. The van der Waals surface area contributed by atoms with Crippen molar-refractivity contribution in [2.75, 3.05) is 26.8 Å². The summed E-state index contributed by atoms with van der Waals surface area (Å²) >= 11 is 0. The number of hydrogen-bond acceptors (Lipinski definition) is 3. The van der Waals surface area contributed by atoms with Gasteiger partial charge in [-0.05, 0) is 12.0 Å². The van der Waals surface area contributed by atoms with E-state index in [1.165, 1.54) is 5.56 Å². The monoisotopic (exact) mass is 209 g/mol. The highest BCUT2D eigenvalue weighted by molar-refractivity contribution is 5.15. The number of rotatable bonds is 7. The second kappa shape index (κ2) is 7.40. The van der Waals surface area contributed by atoms with Gasteiger partial charge in [-0.2, -0.15) is 0 Å². The van der Waals surface area contributed by atoms with Gasteiger partial charge in [0.15, 0.2) is 0 Å². The molecule has 0 aliphatic heterocycles. The van der Waals surface area contributed by atoms with Crippen LogP contribution in [0.4, 0.5) is 0 Å². The third-order valence-electron chi connectivity index (χ3n) is 2.18. The third kappa shape index (κ3) is 5.52. The smallest absolute Gasteiger partial charge is 0.0704 e. The first-order chi connectivity index (χ1) is 7.33. The van der Waals surface area contributed by atoms with Crippen LogP contribution in [0.15, 0.2) is 30.3 Å². The van der Waals surface area contributed by atoms with E-state index in [2.05, 4.69) is 5.32 Å². The Bertz CT molecular complexity index is 251. The highest BCUT2D eigenvalue weighted by atomic mass is 16.5. The van der Waals surface area contributed by atoms with E-state index in [-0.39, 0.29) is 6.10 Å². The van der Waals surface area contributed by atoms with Crippen LogP contribution >= 0.6 is 0 Å². The first-order valence-electron chi connectivity index (χ1n) is 5.24. The molecule has 0 amide bonds. The van der Waals surface area contributed by atoms with E-state index in [9.17, 15) is 5.11 Å². The van der Waals surface area contributed by atoms with Crippen LogP contribution in [0, 0.1) is 0 Å². The van der Waals surface area contributed by atoms with Gasteiger partial charge in [-0.3, -0.25) is 0 Å². The van der Waals surface area contributed by atoms with Gasteiger partial charge < -0.3 is 15.2 Å². The van der Waals surface area contributed by atoms with Crippen LogP contribution in [-0.4, -0.2) is 38.0 Å². The third-order valence-corrected chi connectivity index (χ3v) is 2.18. The summed E-state index contributed by atoms with van der Waals surface area (Å²) in [5.74, 6) is 0. The maximum absolute atomic E-state index is 9.70. The zero-order chi connectivity index (χ0) is 10.9. The second-order valence-corrected chi connectivity index (χ2v) is 3.54. The topological polar surface area (TPSA) is 41.5 Å². The van der Waals surface area contributed by atoms with Gasteiger partial charge >= 0.3 is 0 Å². The molecule has 1 atom stereocenters. The van der Waals surface area contributed by atoms with Gasteiger partial charge in [0, 0.05) is 20.2 Å². The van der Waals surface area contributed by atoms with Crippen molar-refractivity contribution in [2.24, 2.45) is 0 Å². The molecule has 0 saturated heterocycles. The number of aliphatic hydroxyl groups is 1. The Kier molecular flexibility index (Phi) is 6.00. The summed E-state index contributed by atoms with van der Waals surface area (Å²) in [6.07, 6.45) is 0.366. The summed E-state index contributed by atoms with van der Waals surface area (Å²) in [4.78, 5) is 0. The summed E-state index contributed by atoms with van der Waals surface area (Å²) in [5, 5.41) is 12.8. The number of benzene rings is 1. The normalized spacial score (nSPS) is 12.7. The van der Waals surface area contributed by atoms with Crippen LogP contribution in [0.3, 0.4) is 0 Å². The van der Waals surface area contributed by atoms with Crippen molar-refractivity contribution in [3.8, 4) is 0 Å². The van der Waals surface area contributed by atoms with Crippen molar-refractivity contribution < 1.29 is 9.84 Å². The van der Waals surface area contributed by atoms with Crippen LogP contribution in [0.25, 0.3) is 0 Å². The van der Waals surface area contributed by atoms with Crippen molar-refractivity contribution in [3.05, 3.63) is 35.9 Å². The highest BCUT2D eigenvalue weighted by Gasteiger charge is 2.03. The predicted octanol–water partition coefficient (Wildman–Crippen LogP) is 0.826. The SMILES string of the molecule is COCCNCC(O)Cc1ccccc1. The molecular weight excluding hydrogens is 190 g/mol. The van der Waals surface area contributed by atoms with Gasteiger partial charge in [-0.25, -0.2) is 0 Å². The highest BCUT2D eigenvalue weighted by Crippen LogP contribution is 2.02. The molecule has 0 heterocycles. The molecular formula is C12H19NO2. The second-order valence-electron chi connectivity index (χ2n) is 3.54. The Morgan fingerprint density at radius 2 is 2.07 bits per heavy atom. The lowest BCUT2D eigenvalue weighted by molar-refractivity contribution is 0.160. The Balaban J connectivity index is 2.16. The Hall–Kier alpha value is -0.900. The Morgan fingerprint density at radius 3 is 2.73 bits per heavy atom. The largest absolute Gasteiger partial charge is 0.391 e. The molecule has 84 valence electrons. The maximum atomic E-state index is 9.70. The average molecular weight is 209 g/mol. The fourth-order valence-electron chi connectivity index (χ4n) is 1.40. The number of methoxy groups -OCH3 is 1. The molecule has 3 heteroatoms. The average Bonchev–Trinajstić information content (AvgIpc) is 2.26. The molecule has 0 aromatic heterocycles. The molecule has 0 radical (unpaired) electrons. The van der Waals surface area contributed by atoms with E-state index in [1.807, 2.05) is 30.3 Å². The van der Waals surface area contributed by atoms with Gasteiger partial charge in [-0.1, -0.05) is 30.3 Å². The fraction of sp³-hybridized carbons (Fsp3) is 0.500. The number of hydrogen-bond donors (Lipinski definition) is 2. The lowest BCUT2D eigenvalue weighted by atomic mass is 10.1. The lowest BCUT2D eigenvalue weighted by Gasteiger charge is -2.11. The molecule has 0 aliphatic carbocycles. The predicted molar refractivity (Wildman–Crippen MR) is 60.9 cm³/mol. The van der Waals surface area contributed by atoms with Crippen LogP contribution < -0.4 is 5.32 Å². The van der Waals surface area contributed by atoms with Gasteiger partial charge in [0.2, 0.25) is 0 Å². The first kappa shape index (κ1) is 12.2. The van der Waals surface area contributed by atoms with E-state index in [1.54, 1.807) is 7.11 Å². The summed E-state index contributed by atoms with van der Waals surface area (Å²) in [5.41, 5.74) is 1.17. The van der Waals surface area contributed by atoms with Crippen molar-refractivity contribution in [1.29, 1.82) is 0 Å². The summed E-state index contributed by atoms with van der Waals surface area (Å²) in [7, 11) is 1.67. The molecule has 2 N–H and O–H groups in total. The Labute approximate surface area is 91.1 Å². The molecule has 0 saturated carbocycles. The van der Waals surface area contributed by atoms with Crippen molar-refractivity contribution in [2.45, 2.75) is 12.5 Å². The molecule has 0 aliphatic rings. The summed E-state index contributed by atoms with van der Waals surface area (Å²) < 4.78 is 4.90. The van der Waals surface area contributed by atoms with Crippen molar-refractivity contribution >= 4 is 0 Å². The van der Waals surface area contributed by atoms with Crippen LogP contribution in [0.2, 0.25) is 0 Å². The van der Waals surface area contributed by atoms with E-state index >= 15 is 0 Å².